The zero-order valence-electron chi connectivity index (χ0n) is 15.7. The van der Waals surface area contributed by atoms with Crippen LogP contribution in [0.5, 0.6) is 11.5 Å². The van der Waals surface area contributed by atoms with Crippen LogP contribution in [0.3, 0.4) is 0 Å². The van der Waals surface area contributed by atoms with Gasteiger partial charge in [0, 0.05) is 11.6 Å². The van der Waals surface area contributed by atoms with Crippen molar-refractivity contribution in [3.05, 3.63) is 70.3 Å². The number of halogens is 1. The minimum Gasteiger partial charge on any atom is -0.505 e. The first-order chi connectivity index (χ1) is 15.0. The molecule has 32 heavy (non-hydrogen) atoms. The first kappa shape index (κ1) is 22.2. The van der Waals surface area contributed by atoms with Gasteiger partial charge in [-0.15, -0.1) is 14.1 Å². The standard InChI is InChI=1S/C18H12FN5O7S/c19-32(30,31)12-3-1-2-10(8-12)18(27)21-17-14(25)6-7-16(20-17)23-22-13-5-4-11(24(28)29)9-15(13)26/h1-9,25-26H,(H,20,21,27). The number of rotatable bonds is 6. The average molecular weight is 461 g/mol. The van der Waals surface area contributed by atoms with Crippen molar-refractivity contribution in [3.8, 4) is 11.5 Å². The van der Waals surface area contributed by atoms with E-state index < -0.39 is 37.4 Å². The Kier molecular flexibility index (Phi) is 6.06. The van der Waals surface area contributed by atoms with Gasteiger partial charge in [0.2, 0.25) is 0 Å². The summed E-state index contributed by atoms with van der Waals surface area (Å²) in [4.78, 5) is 25.5. The largest absolute Gasteiger partial charge is 0.505 e. The fourth-order valence-electron chi connectivity index (χ4n) is 2.37. The van der Waals surface area contributed by atoms with Gasteiger partial charge in [0.15, 0.2) is 17.4 Å². The molecular formula is C18H12FN5O7S. The lowest BCUT2D eigenvalue weighted by atomic mass is 10.2. The maximum absolute atomic E-state index is 13.1. The van der Waals surface area contributed by atoms with E-state index in [1.807, 2.05) is 0 Å². The normalized spacial score (nSPS) is 11.4. The van der Waals surface area contributed by atoms with Crippen LogP contribution in [0.4, 0.5) is 26.9 Å². The predicted octanol–water partition coefficient (Wildman–Crippen LogP) is 3.73. The number of nitrogens with zero attached hydrogens (tertiary/aromatic N) is 4. The van der Waals surface area contributed by atoms with Gasteiger partial charge in [-0.25, -0.2) is 4.98 Å². The fourth-order valence-corrected chi connectivity index (χ4v) is 2.88. The summed E-state index contributed by atoms with van der Waals surface area (Å²) >= 11 is 0. The van der Waals surface area contributed by atoms with E-state index >= 15 is 0 Å². The number of aromatic nitrogens is 1. The van der Waals surface area contributed by atoms with E-state index in [0.717, 1.165) is 42.5 Å². The summed E-state index contributed by atoms with van der Waals surface area (Å²) in [6, 6.07) is 9.68. The van der Waals surface area contributed by atoms with E-state index in [1.165, 1.54) is 12.1 Å². The molecule has 0 radical (unpaired) electrons. The molecule has 1 aromatic heterocycles. The minimum absolute atomic E-state index is 0.0969. The van der Waals surface area contributed by atoms with Crippen molar-refractivity contribution in [1.29, 1.82) is 0 Å². The summed E-state index contributed by atoms with van der Waals surface area (Å²) in [6.07, 6.45) is 0. The topological polar surface area (TPSA) is 184 Å². The lowest BCUT2D eigenvalue weighted by Gasteiger charge is -2.07. The second kappa shape index (κ2) is 8.73. The van der Waals surface area contributed by atoms with Gasteiger partial charge in [-0.3, -0.25) is 14.9 Å². The third-order valence-electron chi connectivity index (χ3n) is 3.90. The number of hydrogen-bond acceptors (Lipinski definition) is 10. The number of phenols is 1. The molecule has 0 aliphatic heterocycles. The maximum atomic E-state index is 13.1. The van der Waals surface area contributed by atoms with Crippen LogP contribution in [0.2, 0.25) is 0 Å². The number of nitro benzene ring substituents is 1. The van der Waals surface area contributed by atoms with Gasteiger partial charge in [0.25, 0.3) is 11.6 Å². The van der Waals surface area contributed by atoms with Gasteiger partial charge < -0.3 is 15.5 Å². The summed E-state index contributed by atoms with van der Waals surface area (Å²) in [5.41, 5.74) is -0.660. The summed E-state index contributed by atoms with van der Waals surface area (Å²) < 4.78 is 35.1. The van der Waals surface area contributed by atoms with E-state index in [9.17, 15) is 37.4 Å². The van der Waals surface area contributed by atoms with Crippen LogP contribution in [0.1, 0.15) is 10.4 Å². The van der Waals surface area contributed by atoms with Gasteiger partial charge in [0.1, 0.15) is 11.4 Å². The predicted molar refractivity (Wildman–Crippen MR) is 108 cm³/mol. The van der Waals surface area contributed by atoms with Crippen LogP contribution in [0.25, 0.3) is 0 Å². The average Bonchev–Trinajstić information content (AvgIpc) is 2.74. The molecule has 0 spiro atoms. The molecule has 0 bridgehead atoms. The Morgan fingerprint density at radius 3 is 2.47 bits per heavy atom. The number of carbonyl (C=O) groups is 1. The highest BCUT2D eigenvalue weighted by Gasteiger charge is 2.16. The van der Waals surface area contributed by atoms with Crippen LogP contribution in [0.15, 0.2) is 69.7 Å². The number of azo groups is 1. The fraction of sp³-hybridized carbons (Fsp3) is 0. The Morgan fingerprint density at radius 1 is 1.06 bits per heavy atom. The van der Waals surface area contributed by atoms with Gasteiger partial charge in [-0.05, 0) is 36.4 Å². The molecule has 3 aromatic rings. The Labute approximate surface area is 179 Å². The first-order valence-corrected chi connectivity index (χ1v) is 9.88. The lowest BCUT2D eigenvalue weighted by Crippen LogP contribution is -2.13. The van der Waals surface area contributed by atoms with Crippen LogP contribution in [0, 0.1) is 10.1 Å². The molecule has 1 amide bonds. The van der Waals surface area contributed by atoms with Crippen molar-refractivity contribution in [1.82, 2.24) is 4.98 Å². The number of aromatic hydroxyl groups is 2. The highest BCUT2D eigenvalue weighted by atomic mass is 32.3. The van der Waals surface area contributed by atoms with E-state index in [2.05, 4.69) is 20.5 Å². The number of nitrogens with one attached hydrogen (secondary N) is 1. The first-order valence-electron chi connectivity index (χ1n) is 8.50. The van der Waals surface area contributed by atoms with E-state index in [4.69, 9.17) is 0 Å². The molecule has 0 aliphatic rings. The molecule has 0 saturated carbocycles. The molecule has 1 heterocycles. The van der Waals surface area contributed by atoms with Crippen molar-refractivity contribution in [2.24, 2.45) is 10.2 Å². The molecule has 12 nitrogen and oxygen atoms in total. The van der Waals surface area contributed by atoms with Gasteiger partial charge in [0.05, 0.1) is 15.9 Å². The molecule has 164 valence electrons. The summed E-state index contributed by atoms with van der Waals surface area (Å²) in [5, 5.41) is 40.1. The van der Waals surface area contributed by atoms with Crippen LogP contribution < -0.4 is 5.32 Å². The molecule has 3 rings (SSSR count). The molecule has 0 fully saturated rings. The SMILES string of the molecule is O=C(Nc1nc(N=Nc2ccc([N+](=O)[O-])cc2O)ccc1O)c1cccc(S(=O)(=O)F)c1. The van der Waals surface area contributed by atoms with Crippen LogP contribution in [-0.4, -0.2) is 34.4 Å². The van der Waals surface area contributed by atoms with Crippen molar-refractivity contribution in [2.75, 3.05) is 5.32 Å². The van der Waals surface area contributed by atoms with E-state index in [-0.39, 0.29) is 28.6 Å². The summed E-state index contributed by atoms with van der Waals surface area (Å²) in [6.45, 7) is 0. The summed E-state index contributed by atoms with van der Waals surface area (Å²) in [7, 11) is -5.02. The van der Waals surface area contributed by atoms with Crippen molar-refractivity contribution in [2.45, 2.75) is 4.90 Å². The van der Waals surface area contributed by atoms with Crippen molar-refractivity contribution < 1.29 is 32.2 Å². The molecule has 14 heteroatoms. The lowest BCUT2D eigenvalue weighted by molar-refractivity contribution is -0.384. The number of benzene rings is 2. The number of non-ortho nitro benzene ring substituents is 1. The molecule has 0 atom stereocenters. The van der Waals surface area contributed by atoms with E-state index in [0.29, 0.717) is 0 Å². The Balaban J connectivity index is 1.83. The number of hydrogen-bond donors (Lipinski definition) is 3. The Bertz CT molecular complexity index is 1360. The van der Waals surface area contributed by atoms with Crippen LogP contribution >= 0.6 is 0 Å². The molecule has 0 aliphatic carbocycles. The molecule has 0 unspecified atom stereocenters. The number of amides is 1. The highest BCUT2D eigenvalue weighted by molar-refractivity contribution is 7.86. The molecule has 0 saturated heterocycles. The zero-order valence-corrected chi connectivity index (χ0v) is 16.5. The zero-order chi connectivity index (χ0) is 23.5. The smallest absolute Gasteiger partial charge is 0.332 e. The molecular weight excluding hydrogens is 449 g/mol. The number of carbonyl (C=O) groups excluding carboxylic acids is 1. The third kappa shape index (κ3) is 5.17. The number of phenolic OH excluding ortho intramolecular Hbond substituents is 1. The second-order valence-electron chi connectivity index (χ2n) is 6.09. The maximum Gasteiger partial charge on any atom is 0.332 e. The number of pyridine rings is 1. The monoisotopic (exact) mass is 461 g/mol. The highest BCUT2D eigenvalue weighted by Crippen LogP contribution is 2.32. The Morgan fingerprint density at radius 2 is 1.81 bits per heavy atom. The number of nitro groups is 1. The number of anilines is 1. The van der Waals surface area contributed by atoms with Gasteiger partial charge >= 0.3 is 10.2 Å². The minimum atomic E-state index is -5.02. The molecule has 2 aromatic carbocycles. The molecule has 3 N–H and O–H groups in total. The quantitative estimate of drug-likeness (QED) is 0.214. The summed E-state index contributed by atoms with van der Waals surface area (Å²) in [5.74, 6) is -2.31. The van der Waals surface area contributed by atoms with Crippen molar-refractivity contribution in [3.63, 3.8) is 0 Å². The van der Waals surface area contributed by atoms with Crippen molar-refractivity contribution >= 4 is 39.1 Å². The second-order valence-corrected chi connectivity index (χ2v) is 7.43. The van der Waals surface area contributed by atoms with Gasteiger partial charge in [-0.2, -0.15) is 8.42 Å². The van der Waals surface area contributed by atoms with Gasteiger partial charge in [-0.1, -0.05) is 6.07 Å². The third-order valence-corrected chi connectivity index (χ3v) is 4.72. The van der Waals surface area contributed by atoms with Crippen LogP contribution in [-0.2, 0) is 10.2 Å². The Hall–Kier alpha value is -4.46. The van der Waals surface area contributed by atoms with E-state index in [1.54, 1.807) is 0 Å².